The summed E-state index contributed by atoms with van der Waals surface area (Å²) in [4.78, 5) is 4.41. The van der Waals surface area contributed by atoms with E-state index in [4.69, 9.17) is 4.74 Å². The predicted molar refractivity (Wildman–Crippen MR) is 76.1 cm³/mol. The van der Waals surface area contributed by atoms with Crippen molar-refractivity contribution in [1.29, 1.82) is 0 Å². The average molecular weight is 274 g/mol. The molecule has 0 saturated carbocycles. The van der Waals surface area contributed by atoms with Crippen molar-refractivity contribution in [3.05, 3.63) is 11.1 Å². The van der Waals surface area contributed by atoms with Crippen molar-refractivity contribution in [1.82, 2.24) is 10.3 Å². The molecule has 17 heavy (non-hydrogen) atoms. The van der Waals surface area contributed by atoms with Gasteiger partial charge in [-0.05, 0) is 33.7 Å². The molecule has 0 aromatic carbocycles. The molecule has 0 bridgehead atoms. The van der Waals surface area contributed by atoms with Crippen LogP contribution in [0.25, 0.3) is 0 Å². The van der Waals surface area contributed by atoms with E-state index in [9.17, 15) is 0 Å². The van der Waals surface area contributed by atoms with Gasteiger partial charge in [0.1, 0.15) is 4.34 Å². The Labute approximate surface area is 112 Å². The van der Waals surface area contributed by atoms with Gasteiger partial charge in [-0.2, -0.15) is 0 Å². The third-order valence-electron chi connectivity index (χ3n) is 2.05. The summed E-state index contributed by atoms with van der Waals surface area (Å²) in [6.07, 6.45) is 1.43. The molecule has 0 radical (unpaired) electrons. The highest BCUT2D eigenvalue weighted by atomic mass is 32.2. The van der Waals surface area contributed by atoms with Gasteiger partial charge in [0.15, 0.2) is 0 Å². The minimum atomic E-state index is 0.346. The molecule has 0 atom stereocenters. The second-order valence-electron chi connectivity index (χ2n) is 4.13. The Bertz CT molecular complexity index is 302. The van der Waals surface area contributed by atoms with Crippen LogP contribution < -0.4 is 5.32 Å². The molecule has 1 heterocycles. The number of rotatable bonds is 9. The van der Waals surface area contributed by atoms with Crippen LogP contribution in [0.15, 0.2) is 9.72 Å². The van der Waals surface area contributed by atoms with Gasteiger partial charge in [0.2, 0.25) is 0 Å². The fourth-order valence-electron chi connectivity index (χ4n) is 1.25. The number of thioether (sulfide) groups is 1. The van der Waals surface area contributed by atoms with Crippen LogP contribution in [-0.2, 0) is 4.74 Å². The fourth-order valence-corrected chi connectivity index (χ4v) is 3.07. The Balaban J connectivity index is 1.88. The van der Waals surface area contributed by atoms with Gasteiger partial charge in [0.05, 0.1) is 6.10 Å². The molecule has 1 rings (SSSR count). The minimum absolute atomic E-state index is 0.346. The average Bonchev–Trinajstić information content (AvgIpc) is 2.68. The summed E-state index contributed by atoms with van der Waals surface area (Å²) in [7, 11) is 0. The summed E-state index contributed by atoms with van der Waals surface area (Å²) in [5.74, 6) is 1.08. The third kappa shape index (κ3) is 7.76. The maximum Gasteiger partial charge on any atom is 0.150 e. The lowest BCUT2D eigenvalue weighted by molar-refractivity contribution is 0.0772. The van der Waals surface area contributed by atoms with Gasteiger partial charge in [-0.25, -0.2) is 4.98 Å². The van der Waals surface area contributed by atoms with E-state index in [1.165, 1.54) is 4.34 Å². The Kier molecular flexibility index (Phi) is 7.84. The summed E-state index contributed by atoms with van der Waals surface area (Å²) >= 11 is 3.55. The highest BCUT2D eigenvalue weighted by molar-refractivity contribution is 8.01. The zero-order valence-corrected chi connectivity index (χ0v) is 12.5. The van der Waals surface area contributed by atoms with E-state index in [0.717, 1.165) is 37.6 Å². The van der Waals surface area contributed by atoms with Crippen LogP contribution in [0.5, 0.6) is 0 Å². The first-order valence-electron chi connectivity index (χ1n) is 6.05. The first kappa shape index (κ1) is 15.0. The molecule has 0 aliphatic carbocycles. The third-order valence-corrected chi connectivity index (χ3v) is 4.19. The first-order chi connectivity index (χ1) is 8.18. The SMILES string of the molecule is Cc1csc(SCCNCCCOC(C)C)n1. The van der Waals surface area contributed by atoms with Gasteiger partial charge in [-0.15, -0.1) is 11.3 Å². The van der Waals surface area contributed by atoms with Gasteiger partial charge >= 0.3 is 0 Å². The molecule has 0 aliphatic rings. The summed E-state index contributed by atoms with van der Waals surface area (Å²) in [5, 5.41) is 5.51. The van der Waals surface area contributed by atoms with Crippen LogP contribution in [-0.4, -0.2) is 36.5 Å². The van der Waals surface area contributed by atoms with Crippen molar-refractivity contribution in [3.63, 3.8) is 0 Å². The van der Waals surface area contributed by atoms with Crippen LogP contribution in [0.2, 0.25) is 0 Å². The second-order valence-corrected chi connectivity index (χ2v) is 6.33. The Morgan fingerprint density at radius 2 is 2.29 bits per heavy atom. The smallest absolute Gasteiger partial charge is 0.150 e. The van der Waals surface area contributed by atoms with E-state index in [2.05, 4.69) is 29.5 Å². The molecule has 5 heteroatoms. The number of ether oxygens (including phenoxy) is 1. The topological polar surface area (TPSA) is 34.1 Å². The van der Waals surface area contributed by atoms with Gasteiger partial charge in [0.25, 0.3) is 0 Å². The van der Waals surface area contributed by atoms with E-state index >= 15 is 0 Å². The molecule has 1 N–H and O–H groups in total. The first-order valence-corrected chi connectivity index (χ1v) is 7.92. The van der Waals surface area contributed by atoms with Crippen LogP contribution in [0.4, 0.5) is 0 Å². The summed E-state index contributed by atoms with van der Waals surface area (Å²) in [5.41, 5.74) is 1.12. The summed E-state index contributed by atoms with van der Waals surface area (Å²) in [6, 6.07) is 0. The number of aryl methyl sites for hydroxylation is 1. The molecule has 0 fully saturated rings. The summed E-state index contributed by atoms with van der Waals surface area (Å²) in [6.45, 7) is 9.09. The molecule has 0 spiro atoms. The van der Waals surface area contributed by atoms with Gasteiger partial charge in [-0.1, -0.05) is 11.8 Å². The van der Waals surface area contributed by atoms with E-state index in [1.54, 1.807) is 11.3 Å². The van der Waals surface area contributed by atoms with E-state index in [-0.39, 0.29) is 0 Å². The molecule has 0 unspecified atom stereocenters. The van der Waals surface area contributed by atoms with Gasteiger partial charge < -0.3 is 10.1 Å². The van der Waals surface area contributed by atoms with Crippen LogP contribution in [0.1, 0.15) is 26.0 Å². The predicted octanol–water partition coefficient (Wildman–Crippen LogP) is 2.95. The number of thiazole rings is 1. The van der Waals surface area contributed by atoms with Crippen molar-refractivity contribution in [3.8, 4) is 0 Å². The Hall–Kier alpha value is -0.100. The van der Waals surface area contributed by atoms with Crippen LogP contribution >= 0.6 is 23.1 Å². The number of aromatic nitrogens is 1. The minimum Gasteiger partial charge on any atom is -0.379 e. The molecule has 98 valence electrons. The van der Waals surface area contributed by atoms with Crippen molar-refractivity contribution in [2.45, 2.75) is 37.6 Å². The molecule has 1 aromatic heterocycles. The van der Waals surface area contributed by atoms with Gasteiger partial charge in [0, 0.05) is 30.0 Å². The van der Waals surface area contributed by atoms with Crippen molar-refractivity contribution in [2.75, 3.05) is 25.4 Å². The highest BCUT2D eigenvalue weighted by Crippen LogP contribution is 2.21. The van der Waals surface area contributed by atoms with Crippen LogP contribution in [0.3, 0.4) is 0 Å². The van der Waals surface area contributed by atoms with Gasteiger partial charge in [-0.3, -0.25) is 0 Å². The largest absolute Gasteiger partial charge is 0.379 e. The van der Waals surface area contributed by atoms with E-state index in [1.807, 2.05) is 18.7 Å². The second kappa shape index (κ2) is 8.91. The number of hydrogen-bond acceptors (Lipinski definition) is 5. The quantitative estimate of drug-likeness (QED) is 0.554. The van der Waals surface area contributed by atoms with Crippen molar-refractivity contribution >= 4 is 23.1 Å². The Morgan fingerprint density at radius 3 is 2.94 bits per heavy atom. The molecule has 0 amide bonds. The lowest BCUT2D eigenvalue weighted by Crippen LogP contribution is -2.20. The van der Waals surface area contributed by atoms with Crippen LogP contribution in [0, 0.1) is 6.92 Å². The maximum atomic E-state index is 5.47. The lowest BCUT2D eigenvalue weighted by Gasteiger charge is -2.07. The maximum absolute atomic E-state index is 5.47. The number of nitrogens with zero attached hydrogens (tertiary/aromatic N) is 1. The highest BCUT2D eigenvalue weighted by Gasteiger charge is 1.98. The van der Waals surface area contributed by atoms with Crippen molar-refractivity contribution in [2.24, 2.45) is 0 Å². The normalized spacial score (nSPS) is 11.3. The molecular formula is C12H22N2OS2. The van der Waals surface area contributed by atoms with E-state index < -0.39 is 0 Å². The molecular weight excluding hydrogens is 252 g/mol. The monoisotopic (exact) mass is 274 g/mol. The number of nitrogens with one attached hydrogen (secondary N) is 1. The molecule has 3 nitrogen and oxygen atoms in total. The standard InChI is InChI=1S/C12H22N2OS2/c1-10(2)15-7-4-5-13-6-8-16-12-14-11(3)9-17-12/h9-10,13H,4-8H2,1-3H3. The van der Waals surface area contributed by atoms with Crippen molar-refractivity contribution < 1.29 is 4.74 Å². The molecule has 1 aromatic rings. The molecule has 0 saturated heterocycles. The fraction of sp³-hybridized carbons (Fsp3) is 0.750. The lowest BCUT2D eigenvalue weighted by atomic mass is 10.4. The summed E-state index contributed by atoms with van der Waals surface area (Å²) < 4.78 is 6.64. The zero-order valence-electron chi connectivity index (χ0n) is 10.9. The Morgan fingerprint density at radius 1 is 1.47 bits per heavy atom. The van der Waals surface area contributed by atoms with E-state index in [0.29, 0.717) is 6.10 Å². The molecule has 0 aliphatic heterocycles. The number of hydrogen-bond donors (Lipinski definition) is 1. The zero-order chi connectivity index (χ0) is 12.5.